The van der Waals surface area contributed by atoms with E-state index in [0.29, 0.717) is 0 Å². The van der Waals surface area contributed by atoms with Crippen LogP contribution in [0.2, 0.25) is 0 Å². The van der Waals surface area contributed by atoms with E-state index in [1.165, 1.54) is 5.56 Å². The minimum absolute atomic E-state index is 0.147. The van der Waals surface area contributed by atoms with Gasteiger partial charge in [-0.1, -0.05) is 12.1 Å². The Labute approximate surface area is 95.7 Å². The first kappa shape index (κ1) is 10.9. The van der Waals surface area contributed by atoms with Gasteiger partial charge in [-0.2, -0.15) is 0 Å². The predicted molar refractivity (Wildman–Crippen MR) is 68.6 cm³/mol. The zero-order valence-corrected chi connectivity index (χ0v) is 9.70. The highest BCUT2D eigenvalue weighted by Crippen LogP contribution is 2.22. The first-order valence-electron chi connectivity index (χ1n) is 5.51. The Morgan fingerprint density at radius 3 is 2.94 bits per heavy atom. The second-order valence-electron chi connectivity index (χ2n) is 4.24. The van der Waals surface area contributed by atoms with E-state index in [1.54, 1.807) is 0 Å². The Morgan fingerprint density at radius 1 is 1.38 bits per heavy atom. The summed E-state index contributed by atoms with van der Waals surface area (Å²) in [5.41, 5.74) is 9.08. The van der Waals surface area contributed by atoms with Gasteiger partial charge >= 0.3 is 0 Å². The fourth-order valence-electron chi connectivity index (χ4n) is 1.68. The number of aryl methyl sites for hydroxylation is 1. The SMILES string of the molecule is Cc1ccc2c(NCC(C)N)ccnc2c1. The van der Waals surface area contributed by atoms with Crippen LogP contribution < -0.4 is 11.1 Å². The van der Waals surface area contributed by atoms with Crippen LogP contribution in [0.25, 0.3) is 10.9 Å². The van der Waals surface area contributed by atoms with Gasteiger partial charge in [0, 0.05) is 29.9 Å². The number of hydrogen-bond acceptors (Lipinski definition) is 3. The molecule has 3 N–H and O–H groups in total. The van der Waals surface area contributed by atoms with Gasteiger partial charge in [0.25, 0.3) is 0 Å². The van der Waals surface area contributed by atoms with Crippen molar-refractivity contribution in [1.82, 2.24) is 4.98 Å². The molecule has 0 aliphatic rings. The molecule has 84 valence electrons. The van der Waals surface area contributed by atoms with Crippen LogP contribution in [0.1, 0.15) is 12.5 Å². The summed E-state index contributed by atoms with van der Waals surface area (Å²) in [6.07, 6.45) is 1.82. The van der Waals surface area contributed by atoms with E-state index in [0.717, 1.165) is 23.1 Å². The quantitative estimate of drug-likeness (QED) is 0.826. The van der Waals surface area contributed by atoms with E-state index < -0.39 is 0 Å². The maximum absolute atomic E-state index is 5.73. The summed E-state index contributed by atoms with van der Waals surface area (Å²) in [6.45, 7) is 4.83. The van der Waals surface area contributed by atoms with Crippen molar-refractivity contribution in [3.63, 3.8) is 0 Å². The highest BCUT2D eigenvalue weighted by atomic mass is 14.9. The molecule has 3 heteroatoms. The van der Waals surface area contributed by atoms with E-state index in [2.05, 4.69) is 35.4 Å². The summed E-state index contributed by atoms with van der Waals surface area (Å²) >= 11 is 0. The third-order valence-electron chi connectivity index (χ3n) is 2.51. The summed E-state index contributed by atoms with van der Waals surface area (Å²) in [5.74, 6) is 0. The van der Waals surface area contributed by atoms with E-state index in [-0.39, 0.29) is 6.04 Å². The number of nitrogens with two attached hydrogens (primary N) is 1. The molecule has 16 heavy (non-hydrogen) atoms. The van der Waals surface area contributed by atoms with Gasteiger partial charge in [-0.05, 0) is 31.5 Å². The lowest BCUT2D eigenvalue weighted by atomic mass is 10.1. The molecule has 1 aromatic heterocycles. The fourth-order valence-corrected chi connectivity index (χ4v) is 1.68. The largest absolute Gasteiger partial charge is 0.383 e. The molecule has 0 saturated heterocycles. The van der Waals surface area contributed by atoms with Crippen molar-refractivity contribution in [3.8, 4) is 0 Å². The van der Waals surface area contributed by atoms with Crippen LogP contribution in [0.5, 0.6) is 0 Å². The molecule has 1 unspecified atom stereocenters. The van der Waals surface area contributed by atoms with Crippen LogP contribution in [0.4, 0.5) is 5.69 Å². The number of nitrogens with one attached hydrogen (secondary N) is 1. The number of benzene rings is 1. The molecule has 0 aliphatic carbocycles. The minimum Gasteiger partial charge on any atom is -0.383 e. The lowest BCUT2D eigenvalue weighted by Crippen LogP contribution is -2.25. The van der Waals surface area contributed by atoms with Crippen molar-refractivity contribution < 1.29 is 0 Å². The summed E-state index contributed by atoms with van der Waals surface area (Å²) in [7, 11) is 0. The standard InChI is InChI=1S/C13H17N3/c1-9-3-4-11-12(16-8-10(2)14)5-6-15-13(11)7-9/h3-7,10H,8,14H2,1-2H3,(H,15,16). The summed E-state index contributed by atoms with van der Waals surface area (Å²) in [5, 5.41) is 4.49. The van der Waals surface area contributed by atoms with E-state index in [1.807, 2.05) is 19.2 Å². The van der Waals surface area contributed by atoms with E-state index >= 15 is 0 Å². The van der Waals surface area contributed by atoms with Crippen molar-refractivity contribution in [2.24, 2.45) is 5.73 Å². The van der Waals surface area contributed by atoms with Gasteiger partial charge < -0.3 is 11.1 Å². The van der Waals surface area contributed by atoms with E-state index in [4.69, 9.17) is 5.73 Å². The molecular weight excluding hydrogens is 198 g/mol. The molecule has 3 nitrogen and oxygen atoms in total. The zero-order chi connectivity index (χ0) is 11.5. The number of fused-ring (bicyclic) bond motifs is 1. The van der Waals surface area contributed by atoms with Crippen molar-refractivity contribution in [2.75, 3.05) is 11.9 Å². The Kier molecular flexibility index (Phi) is 3.06. The maximum Gasteiger partial charge on any atom is 0.0725 e. The normalized spacial score (nSPS) is 12.7. The lowest BCUT2D eigenvalue weighted by Gasteiger charge is -2.11. The number of nitrogens with zero attached hydrogens (tertiary/aromatic N) is 1. The molecule has 0 saturated carbocycles. The molecule has 0 fully saturated rings. The van der Waals surface area contributed by atoms with E-state index in [9.17, 15) is 0 Å². The van der Waals surface area contributed by atoms with Crippen molar-refractivity contribution in [3.05, 3.63) is 36.0 Å². The summed E-state index contributed by atoms with van der Waals surface area (Å²) in [4.78, 5) is 4.36. The average Bonchev–Trinajstić information content (AvgIpc) is 2.25. The highest BCUT2D eigenvalue weighted by molar-refractivity contribution is 5.91. The molecule has 0 aliphatic heterocycles. The first-order chi connectivity index (χ1) is 7.66. The van der Waals surface area contributed by atoms with Gasteiger partial charge in [-0.15, -0.1) is 0 Å². The monoisotopic (exact) mass is 215 g/mol. The van der Waals surface area contributed by atoms with Crippen molar-refractivity contribution in [1.29, 1.82) is 0 Å². The van der Waals surface area contributed by atoms with Gasteiger partial charge in [0.2, 0.25) is 0 Å². The van der Waals surface area contributed by atoms with Crippen LogP contribution in [0, 0.1) is 6.92 Å². The smallest absolute Gasteiger partial charge is 0.0725 e. The number of anilines is 1. The number of hydrogen-bond donors (Lipinski definition) is 2. The predicted octanol–water partition coefficient (Wildman–Crippen LogP) is 2.30. The topological polar surface area (TPSA) is 50.9 Å². The number of rotatable bonds is 3. The molecule has 0 amide bonds. The fraction of sp³-hybridized carbons (Fsp3) is 0.308. The number of pyridine rings is 1. The summed E-state index contributed by atoms with van der Waals surface area (Å²) in [6, 6.07) is 8.42. The molecule has 0 bridgehead atoms. The third-order valence-corrected chi connectivity index (χ3v) is 2.51. The number of aromatic nitrogens is 1. The minimum atomic E-state index is 0.147. The lowest BCUT2D eigenvalue weighted by molar-refractivity contribution is 0.781. The molecule has 1 atom stereocenters. The molecule has 1 heterocycles. The first-order valence-corrected chi connectivity index (χ1v) is 5.51. The van der Waals surface area contributed by atoms with Crippen molar-refractivity contribution in [2.45, 2.75) is 19.9 Å². The molecule has 0 radical (unpaired) electrons. The van der Waals surface area contributed by atoms with Crippen LogP contribution in [0.3, 0.4) is 0 Å². The van der Waals surface area contributed by atoms with Crippen LogP contribution in [0.15, 0.2) is 30.5 Å². The van der Waals surface area contributed by atoms with Gasteiger partial charge in [0.15, 0.2) is 0 Å². The van der Waals surface area contributed by atoms with Gasteiger partial charge in [-0.25, -0.2) is 0 Å². The molecular formula is C13H17N3. The zero-order valence-electron chi connectivity index (χ0n) is 9.70. The maximum atomic E-state index is 5.73. The van der Waals surface area contributed by atoms with Gasteiger partial charge in [0.05, 0.1) is 5.52 Å². The second-order valence-corrected chi connectivity index (χ2v) is 4.24. The van der Waals surface area contributed by atoms with Crippen LogP contribution >= 0.6 is 0 Å². The Balaban J connectivity index is 2.38. The van der Waals surface area contributed by atoms with Gasteiger partial charge in [-0.3, -0.25) is 4.98 Å². The molecule has 1 aromatic carbocycles. The Morgan fingerprint density at radius 2 is 2.19 bits per heavy atom. The third kappa shape index (κ3) is 2.31. The second kappa shape index (κ2) is 4.49. The average molecular weight is 215 g/mol. The molecule has 0 spiro atoms. The van der Waals surface area contributed by atoms with Crippen LogP contribution in [-0.4, -0.2) is 17.6 Å². The molecule has 2 aromatic rings. The van der Waals surface area contributed by atoms with Gasteiger partial charge in [0.1, 0.15) is 0 Å². The molecule has 2 rings (SSSR count). The summed E-state index contributed by atoms with van der Waals surface area (Å²) < 4.78 is 0. The Bertz CT molecular complexity index is 492. The van der Waals surface area contributed by atoms with Crippen LogP contribution in [-0.2, 0) is 0 Å². The van der Waals surface area contributed by atoms with Crippen molar-refractivity contribution >= 4 is 16.6 Å². The highest BCUT2D eigenvalue weighted by Gasteiger charge is 2.02. The Hall–Kier alpha value is -1.61.